The van der Waals surface area contributed by atoms with Crippen molar-refractivity contribution in [2.75, 3.05) is 13.7 Å². The van der Waals surface area contributed by atoms with Gasteiger partial charge in [-0.2, -0.15) is 0 Å². The van der Waals surface area contributed by atoms with Crippen molar-refractivity contribution in [3.05, 3.63) is 33.4 Å². The average molecular weight is 378 g/mol. The average Bonchev–Trinajstić information content (AvgIpc) is 3.17. The molecule has 0 aliphatic heterocycles. The predicted octanol–water partition coefficient (Wildman–Crippen LogP) is 3.88. The minimum absolute atomic E-state index is 0.0872. The van der Waals surface area contributed by atoms with E-state index >= 15 is 0 Å². The van der Waals surface area contributed by atoms with Gasteiger partial charge in [-0.3, -0.25) is 0 Å². The number of halogens is 1. The van der Waals surface area contributed by atoms with Crippen LogP contribution in [0.15, 0.2) is 21.1 Å². The highest BCUT2D eigenvalue weighted by atomic mass is 79.9. The third kappa shape index (κ3) is 2.11. The maximum Gasteiger partial charge on any atom is 0.360 e. The van der Waals surface area contributed by atoms with E-state index < -0.39 is 5.97 Å². The van der Waals surface area contributed by atoms with Crippen molar-refractivity contribution in [1.82, 2.24) is 5.16 Å². The van der Waals surface area contributed by atoms with Gasteiger partial charge < -0.3 is 14.0 Å². The number of methoxy groups -OCH3 is 1. The summed E-state index contributed by atoms with van der Waals surface area (Å²) < 4.78 is 17.0. The maximum absolute atomic E-state index is 12.1. The number of aromatic nitrogens is 1. The molecule has 1 spiro atoms. The molecule has 120 valence electrons. The molecule has 4 rings (SSSR count). The lowest BCUT2D eigenvalue weighted by Crippen LogP contribution is -2.19. The number of carbonyl (C=O) groups excluding carboxylic acids is 1. The van der Waals surface area contributed by atoms with E-state index in [1.807, 2.05) is 6.07 Å². The Labute approximate surface area is 142 Å². The lowest BCUT2D eigenvalue weighted by Gasteiger charge is -2.25. The topological polar surface area (TPSA) is 61.6 Å². The molecular formula is C17H16BrNO4. The molecule has 1 fully saturated rings. The summed E-state index contributed by atoms with van der Waals surface area (Å²) in [5.74, 6) is 0.980. The molecule has 6 heteroatoms. The van der Waals surface area contributed by atoms with Gasteiger partial charge in [0.15, 0.2) is 11.5 Å². The highest BCUT2D eigenvalue weighted by molar-refractivity contribution is 9.10. The van der Waals surface area contributed by atoms with Crippen LogP contribution in [0.25, 0.3) is 11.3 Å². The van der Waals surface area contributed by atoms with Gasteiger partial charge in [0.05, 0.1) is 18.2 Å². The van der Waals surface area contributed by atoms with Crippen LogP contribution in [0.4, 0.5) is 0 Å². The second kappa shape index (κ2) is 5.09. The van der Waals surface area contributed by atoms with E-state index in [-0.39, 0.29) is 5.41 Å². The van der Waals surface area contributed by atoms with Crippen LogP contribution >= 0.6 is 15.9 Å². The fraction of sp³-hybridized carbons (Fsp3) is 0.412. The van der Waals surface area contributed by atoms with E-state index in [1.165, 1.54) is 5.56 Å². The first-order valence-corrected chi connectivity index (χ1v) is 8.43. The van der Waals surface area contributed by atoms with Gasteiger partial charge >= 0.3 is 5.97 Å². The van der Waals surface area contributed by atoms with Crippen molar-refractivity contribution in [3.63, 3.8) is 0 Å². The van der Waals surface area contributed by atoms with E-state index in [1.54, 1.807) is 14.0 Å². The Morgan fingerprint density at radius 1 is 1.43 bits per heavy atom. The largest absolute Gasteiger partial charge is 0.496 e. The zero-order valence-electron chi connectivity index (χ0n) is 12.9. The molecule has 0 saturated heterocycles. The first-order valence-electron chi connectivity index (χ1n) is 7.63. The fourth-order valence-corrected chi connectivity index (χ4v) is 3.92. The van der Waals surface area contributed by atoms with E-state index in [4.69, 9.17) is 14.0 Å². The second-order valence-electron chi connectivity index (χ2n) is 6.05. The van der Waals surface area contributed by atoms with Gasteiger partial charge in [-0.25, -0.2) is 4.79 Å². The molecule has 1 aromatic heterocycles. The maximum atomic E-state index is 12.1. The summed E-state index contributed by atoms with van der Waals surface area (Å²) in [4.78, 5) is 12.1. The normalized spacial score (nSPS) is 16.7. The Bertz CT molecular complexity index is 807. The Hall–Kier alpha value is -1.82. The van der Waals surface area contributed by atoms with E-state index in [0.29, 0.717) is 18.1 Å². The third-order valence-electron chi connectivity index (χ3n) is 4.73. The molecule has 23 heavy (non-hydrogen) atoms. The summed E-state index contributed by atoms with van der Waals surface area (Å²) in [5.41, 5.74) is 3.46. The van der Waals surface area contributed by atoms with Crippen molar-refractivity contribution in [2.45, 2.75) is 31.6 Å². The van der Waals surface area contributed by atoms with Gasteiger partial charge in [0, 0.05) is 16.5 Å². The molecular weight excluding hydrogens is 362 g/mol. The van der Waals surface area contributed by atoms with Crippen molar-refractivity contribution < 1.29 is 18.8 Å². The molecule has 0 radical (unpaired) electrons. The van der Waals surface area contributed by atoms with Crippen LogP contribution in [0.1, 0.15) is 41.4 Å². The van der Waals surface area contributed by atoms with Crippen molar-refractivity contribution in [2.24, 2.45) is 0 Å². The highest BCUT2D eigenvalue weighted by Crippen LogP contribution is 2.59. The number of hydrogen-bond donors (Lipinski definition) is 0. The quantitative estimate of drug-likeness (QED) is 0.759. The van der Waals surface area contributed by atoms with Gasteiger partial charge in [0.2, 0.25) is 0 Å². The minimum Gasteiger partial charge on any atom is -0.496 e. The molecule has 1 heterocycles. The van der Waals surface area contributed by atoms with Crippen LogP contribution in [0.3, 0.4) is 0 Å². The number of benzene rings is 1. The van der Waals surface area contributed by atoms with Crippen LogP contribution in [0, 0.1) is 0 Å². The number of rotatable bonds is 3. The fourth-order valence-electron chi connectivity index (χ4n) is 3.41. The molecule has 0 bridgehead atoms. The molecule has 0 N–H and O–H groups in total. The Balaban J connectivity index is 1.90. The van der Waals surface area contributed by atoms with Crippen LogP contribution in [-0.2, 0) is 16.6 Å². The number of nitrogens with zero attached hydrogens (tertiary/aromatic N) is 1. The van der Waals surface area contributed by atoms with E-state index in [2.05, 4.69) is 27.2 Å². The molecule has 1 saturated carbocycles. The molecule has 0 atom stereocenters. The van der Waals surface area contributed by atoms with Gasteiger partial charge in [-0.05, 0) is 59.8 Å². The van der Waals surface area contributed by atoms with Crippen LogP contribution in [-0.4, -0.2) is 24.8 Å². The summed E-state index contributed by atoms with van der Waals surface area (Å²) in [7, 11) is 1.63. The number of fused-ring (bicyclic) bond motifs is 4. The molecule has 0 unspecified atom stereocenters. The smallest absolute Gasteiger partial charge is 0.360 e. The second-order valence-corrected chi connectivity index (χ2v) is 6.90. The standard InChI is InChI=1S/C17H16BrNO4/c1-3-22-16(20)14-10-8-17(4-5-17)11-7-12(18)13(21-2)6-9(11)15(10)23-19-14/h6-7H,3-5,8H2,1-2H3. The summed E-state index contributed by atoms with van der Waals surface area (Å²) >= 11 is 3.56. The summed E-state index contributed by atoms with van der Waals surface area (Å²) in [5, 5.41) is 3.98. The zero-order valence-corrected chi connectivity index (χ0v) is 14.5. The first-order chi connectivity index (χ1) is 11.1. The van der Waals surface area contributed by atoms with Crippen LogP contribution < -0.4 is 4.74 Å². The Morgan fingerprint density at radius 2 is 2.22 bits per heavy atom. The van der Waals surface area contributed by atoms with E-state index in [9.17, 15) is 4.79 Å². The van der Waals surface area contributed by atoms with Gasteiger partial charge in [0.1, 0.15) is 5.75 Å². The van der Waals surface area contributed by atoms with Crippen molar-refractivity contribution >= 4 is 21.9 Å². The molecule has 2 aliphatic rings. The number of carbonyl (C=O) groups is 1. The van der Waals surface area contributed by atoms with Gasteiger partial charge in [0.25, 0.3) is 0 Å². The third-order valence-corrected chi connectivity index (χ3v) is 5.35. The molecule has 2 aliphatic carbocycles. The summed E-state index contributed by atoms with van der Waals surface area (Å²) in [6, 6.07) is 4.06. The van der Waals surface area contributed by atoms with Crippen molar-refractivity contribution in [3.8, 4) is 17.1 Å². The first kappa shape index (κ1) is 14.8. The highest BCUT2D eigenvalue weighted by Gasteiger charge is 2.51. The molecule has 0 amide bonds. The molecule has 1 aromatic carbocycles. The number of ether oxygens (including phenoxy) is 2. The Morgan fingerprint density at radius 3 is 2.87 bits per heavy atom. The van der Waals surface area contributed by atoms with Crippen LogP contribution in [0.2, 0.25) is 0 Å². The van der Waals surface area contributed by atoms with E-state index in [0.717, 1.165) is 40.6 Å². The lowest BCUT2D eigenvalue weighted by molar-refractivity contribution is 0.0513. The minimum atomic E-state index is -0.416. The van der Waals surface area contributed by atoms with Gasteiger partial charge in [-0.15, -0.1) is 0 Å². The number of hydrogen-bond acceptors (Lipinski definition) is 5. The monoisotopic (exact) mass is 377 g/mol. The number of esters is 1. The summed E-state index contributed by atoms with van der Waals surface area (Å²) in [6.07, 6.45) is 2.98. The van der Waals surface area contributed by atoms with Crippen molar-refractivity contribution in [1.29, 1.82) is 0 Å². The summed E-state index contributed by atoms with van der Waals surface area (Å²) in [6.45, 7) is 2.10. The zero-order chi connectivity index (χ0) is 16.2. The lowest BCUT2D eigenvalue weighted by atomic mass is 9.78. The molecule has 5 nitrogen and oxygen atoms in total. The Kier molecular flexibility index (Phi) is 3.27. The predicted molar refractivity (Wildman–Crippen MR) is 86.8 cm³/mol. The molecule has 2 aromatic rings. The van der Waals surface area contributed by atoms with Gasteiger partial charge in [-0.1, -0.05) is 5.16 Å². The van der Waals surface area contributed by atoms with Crippen LogP contribution in [0.5, 0.6) is 5.75 Å². The SMILES string of the molecule is CCOC(=O)c1noc2c1CC1(CC1)c1cc(Br)c(OC)cc1-2.